The van der Waals surface area contributed by atoms with E-state index in [1.54, 1.807) is 0 Å². The van der Waals surface area contributed by atoms with Gasteiger partial charge in [-0.05, 0) is 120 Å². The predicted molar refractivity (Wildman–Crippen MR) is 291 cm³/mol. The summed E-state index contributed by atoms with van der Waals surface area (Å²) in [7, 11) is 0. The minimum Gasteiger partial charge on any atom is -0.501 e. The molecule has 0 unspecified atom stereocenters. The molecule has 0 aliphatic carbocycles. The van der Waals surface area contributed by atoms with Crippen molar-refractivity contribution >= 4 is 65.3 Å². The Bertz CT molecular complexity index is 3990. The quantitative estimate of drug-likeness (QED) is 0.123. The van der Waals surface area contributed by atoms with Crippen LogP contribution in [0.2, 0.25) is 0 Å². The van der Waals surface area contributed by atoms with E-state index >= 15 is 0 Å². The van der Waals surface area contributed by atoms with Gasteiger partial charge in [-0.25, -0.2) is 0 Å². The molecule has 0 saturated carbocycles. The molecule has 347 valence electrons. The molecule has 0 bridgehead atoms. The molecule has 5 heteroatoms. The van der Waals surface area contributed by atoms with Crippen LogP contribution in [0, 0.1) is 19.0 Å². The van der Waals surface area contributed by atoms with Crippen molar-refractivity contribution < 1.29 is 28.6 Å². The first-order chi connectivity index (χ1) is 34.6. The molecular formula is C65H55IrN3O-2. The molecule has 0 aliphatic heterocycles. The van der Waals surface area contributed by atoms with Gasteiger partial charge >= 0.3 is 0 Å². The molecule has 3 heterocycles. The number of fused-ring (bicyclic) bond motifs is 9. The van der Waals surface area contributed by atoms with Crippen molar-refractivity contribution in [3.63, 3.8) is 0 Å². The van der Waals surface area contributed by atoms with E-state index in [0.717, 1.165) is 61.2 Å². The van der Waals surface area contributed by atoms with E-state index < -0.39 is 6.85 Å². The maximum absolute atomic E-state index is 7.65. The van der Waals surface area contributed by atoms with Gasteiger partial charge in [0.15, 0.2) is 0 Å². The Morgan fingerprint density at radius 3 is 1.97 bits per heavy atom. The topological polar surface area (TPSA) is 43.9 Å². The second-order valence-corrected chi connectivity index (χ2v) is 19.8. The van der Waals surface area contributed by atoms with Gasteiger partial charge in [0.25, 0.3) is 0 Å². The van der Waals surface area contributed by atoms with Crippen molar-refractivity contribution in [1.82, 2.24) is 14.5 Å². The number of hydrogen-bond donors (Lipinski definition) is 0. The van der Waals surface area contributed by atoms with Gasteiger partial charge in [0.05, 0.1) is 22.4 Å². The number of rotatable bonds is 6. The van der Waals surface area contributed by atoms with Crippen LogP contribution in [0.1, 0.15) is 86.7 Å². The van der Waals surface area contributed by atoms with E-state index in [1.807, 2.05) is 57.2 Å². The van der Waals surface area contributed by atoms with Gasteiger partial charge in [-0.3, -0.25) is 4.98 Å². The molecule has 12 rings (SSSR count). The first-order valence-corrected chi connectivity index (χ1v) is 23.9. The minimum atomic E-state index is -2.14. The molecule has 0 atom stereocenters. The molecule has 0 saturated heterocycles. The smallest absolute Gasteiger partial charge is 0.121 e. The number of imidazole rings is 1. The summed E-state index contributed by atoms with van der Waals surface area (Å²) in [5, 5.41) is 9.36. The number of aromatic nitrogens is 3. The van der Waals surface area contributed by atoms with Crippen molar-refractivity contribution in [2.75, 3.05) is 0 Å². The Labute approximate surface area is 428 Å². The molecule has 4 nitrogen and oxygen atoms in total. The van der Waals surface area contributed by atoms with E-state index in [0.29, 0.717) is 5.56 Å². The van der Waals surface area contributed by atoms with E-state index in [9.17, 15) is 0 Å². The third-order valence-corrected chi connectivity index (χ3v) is 13.5. The van der Waals surface area contributed by atoms with Crippen LogP contribution in [-0.4, -0.2) is 14.5 Å². The van der Waals surface area contributed by atoms with Crippen molar-refractivity contribution in [2.24, 2.45) is 0 Å². The normalized spacial score (nSPS) is 12.7. The zero-order valence-corrected chi connectivity index (χ0v) is 42.9. The predicted octanol–water partition coefficient (Wildman–Crippen LogP) is 17.9. The largest absolute Gasteiger partial charge is 0.501 e. The summed E-state index contributed by atoms with van der Waals surface area (Å²) in [6.07, 6.45) is 1.48. The first kappa shape index (κ1) is 42.9. The molecule has 0 N–H and O–H groups in total. The van der Waals surface area contributed by atoms with Gasteiger partial charge < -0.3 is 14.0 Å². The SMILES string of the molecule is CC(C)c1cc(-c2ccccc2)cc(C(C)C)c1-n1c(-c2[c-]ccc3c2oc2cc4c(ccc5ccccc54)cc23)nc2ccc3ccccc3c21.[2H]C([2H])([2H])c1cnc(-c2[c-]cccc2)cc1C(C)(C)C.[Ir]. The summed E-state index contributed by atoms with van der Waals surface area (Å²) in [6, 6.07) is 66.4. The third kappa shape index (κ3) is 8.31. The second kappa shape index (κ2) is 18.6. The van der Waals surface area contributed by atoms with Gasteiger partial charge in [-0.1, -0.05) is 163 Å². The molecular weight excluding hydrogens is 1030 g/mol. The van der Waals surface area contributed by atoms with Gasteiger partial charge in [0.2, 0.25) is 0 Å². The fourth-order valence-electron chi connectivity index (χ4n) is 10.0. The van der Waals surface area contributed by atoms with Gasteiger partial charge in [0.1, 0.15) is 5.58 Å². The number of nitrogens with zero attached hydrogens (tertiary/aromatic N) is 3. The summed E-state index contributed by atoms with van der Waals surface area (Å²) in [6.45, 7) is 13.1. The summed E-state index contributed by atoms with van der Waals surface area (Å²) < 4.78 is 32.3. The zero-order chi connectivity index (χ0) is 50.1. The van der Waals surface area contributed by atoms with Crippen LogP contribution in [-0.2, 0) is 25.5 Å². The van der Waals surface area contributed by atoms with Crippen molar-refractivity contribution in [2.45, 2.75) is 72.6 Å². The zero-order valence-electron chi connectivity index (χ0n) is 43.5. The Kier molecular flexibility index (Phi) is 11.4. The van der Waals surface area contributed by atoms with Crippen LogP contribution < -0.4 is 0 Å². The molecule has 9 aromatic carbocycles. The van der Waals surface area contributed by atoms with Crippen molar-refractivity contribution in [1.29, 1.82) is 0 Å². The van der Waals surface area contributed by atoms with E-state index in [-0.39, 0.29) is 37.4 Å². The van der Waals surface area contributed by atoms with Crippen LogP contribution in [0.15, 0.2) is 180 Å². The number of pyridine rings is 1. The second-order valence-electron chi connectivity index (χ2n) is 19.8. The van der Waals surface area contributed by atoms with E-state index in [4.69, 9.17) is 13.5 Å². The number of hydrogen-bond acceptors (Lipinski definition) is 3. The standard InChI is InChI=1S/C49H37N2O.C16H18N.Ir/c1-29(2)40-26-35(31-13-6-5-7-14-31)27-41(30(3)4)46(40)51-47-37-18-11-9-16-33(37)23-24-44(47)50-49(51)39-20-12-19-38-43-25-34-22-21-32-15-8-10-17-36(32)42(34)28-45(43)52-48(38)39;1-12-11-17-15(10-14(12)16(2,3)4)13-8-6-5-7-9-13;/h5-19,21-30H,1-4H3;5-8,10-11H,1-4H3;/q2*-1;/i;1D3;. The fourth-order valence-corrected chi connectivity index (χ4v) is 10.0. The average Bonchev–Trinajstić information content (AvgIpc) is 3.96. The fraction of sp³-hybridized carbons (Fsp3) is 0.169. The first-order valence-electron chi connectivity index (χ1n) is 25.4. The van der Waals surface area contributed by atoms with Crippen LogP contribution in [0.25, 0.3) is 105 Å². The Balaban J connectivity index is 0.000000246. The molecule has 0 aliphatic rings. The van der Waals surface area contributed by atoms with Crippen molar-refractivity contribution in [3.8, 4) is 39.5 Å². The van der Waals surface area contributed by atoms with Gasteiger partial charge in [-0.2, -0.15) is 0 Å². The summed E-state index contributed by atoms with van der Waals surface area (Å²) in [5.41, 5.74) is 13.3. The van der Waals surface area contributed by atoms with Crippen LogP contribution in [0.4, 0.5) is 0 Å². The number of aryl methyl sites for hydroxylation is 1. The van der Waals surface area contributed by atoms with Gasteiger partial charge in [0, 0.05) is 46.9 Å². The Morgan fingerprint density at radius 2 is 1.27 bits per heavy atom. The van der Waals surface area contributed by atoms with Crippen LogP contribution in [0.3, 0.4) is 0 Å². The monoisotopic (exact) mass is 1090 g/mol. The molecule has 0 spiro atoms. The van der Waals surface area contributed by atoms with E-state index in [2.05, 4.69) is 183 Å². The molecule has 1 radical (unpaired) electrons. The summed E-state index contributed by atoms with van der Waals surface area (Å²) in [4.78, 5) is 9.78. The number of furan rings is 1. The molecule has 12 aromatic rings. The summed E-state index contributed by atoms with van der Waals surface area (Å²) >= 11 is 0. The molecule has 70 heavy (non-hydrogen) atoms. The Hall–Kier alpha value is -7.17. The van der Waals surface area contributed by atoms with Gasteiger partial charge in [-0.15, -0.1) is 54.1 Å². The number of benzene rings is 9. The molecule has 0 amide bonds. The molecule has 3 aromatic heterocycles. The molecule has 0 fully saturated rings. The maximum Gasteiger partial charge on any atom is 0.121 e. The third-order valence-electron chi connectivity index (χ3n) is 13.5. The van der Waals surface area contributed by atoms with Crippen LogP contribution >= 0.6 is 0 Å². The van der Waals surface area contributed by atoms with Crippen molar-refractivity contribution in [3.05, 3.63) is 210 Å². The summed E-state index contributed by atoms with van der Waals surface area (Å²) in [5.74, 6) is 1.34. The minimum absolute atomic E-state index is 0. The average molecular weight is 1090 g/mol. The maximum atomic E-state index is 7.65. The Morgan fingerprint density at radius 1 is 0.600 bits per heavy atom. The van der Waals surface area contributed by atoms with E-state index in [1.165, 1.54) is 66.5 Å². The van der Waals surface area contributed by atoms with Crippen LogP contribution in [0.5, 0.6) is 0 Å².